The molecule has 0 bridgehead atoms. The van der Waals surface area contributed by atoms with Crippen molar-refractivity contribution >= 4 is 15.9 Å². The number of benzene rings is 1. The first-order chi connectivity index (χ1) is 9.72. The van der Waals surface area contributed by atoms with Gasteiger partial charge in [-0.1, -0.05) is 28.1 Å². The minimum Gasteiger partial charge on any atom is -0.469 e. The number of aromatic amines is 1. The van der Waals surface area contributed by atoms with Gasteiger partial charge in [-0.05, 0) is 24.3 Å². The van der Waals surface area contributed by atoms with Gasteiger partial charge in [0.15, 0.2) is 5.82 Å². The Balaban J connectivity index is 1.97. The normalized spacial score (nSPS) is 10.7. The average Bonchev–Trinajstić information content (AvgIpc) is 2.95. The molecule has 0 saturated carbocycles. The lowest BCUT2D eigenvalue weighted by Crippen LogP contribution is -2.17. The monoisotopic (exact) mass is 331 g/mol. The van der Waals surface area contributed by atoms with Crippen molar-refractivity contribution < 1.29 is 4.42 Å². The van der Waals surface area contributed by atoms with Crippen LogP contribution in [0.4, 0.5) is 0 Å². The number of rotatable bonds is 3. The zero-order chi connectivity index (χ0) is 13.9. The van der Waals surface area contributed by atoms with Crippen molar-refractivity contribution in [2.24, 2.45) is 0 Å². The van der Waals surface area contributed by atoms with Gasteiger partial charge >= 0.3 is 0 Å². The lowest BCUT2D eigenvalue weighted by atomic mass is 10.2. The summed E-state index contributed by atoms with van der Waals surface area (Å²) < 4.78 is 6.21. The molecule has 3 aromatic rings. The second-order valence-corrected chi connectivity index (χ2v) is 5.11. The molecular formula is C14H10BrN3O2. The molecular weight excluding hydrogens is 322 g/mol. The molecule has 0 radical (unpaired) electrons. The molecule has 3 rings (SSSR count). The van der Waals surface area contributed by atoms with Crippen LogP contribution in [0.5, 0.6) is 0 Å². The van der Waals surface area contributed by atoms with E-state index in [9.17, 15) is 4.79 Å². The highest BCUT2D eigenvalue weighted by Crippen LogP contribution is 2.17. The van der Waals surface area contributed by atoms with E-state index in [0.29, 0.717) is 23.7 Å². The molecule has 0 spiro atoms. The summed E-state index contributed by atoms with van der Waals surface area (Å²) in [5.41, 5.74) is 0.917. The molecule has 0 amide bonds. The first kappa shape index (κ1) is 12.8. The van der Waals surface area contributed by atoms with Crippen LogP contribution in [0.1, 0.15) is 11.5 Å². The summed E-state index contributed by atoms with van der Waals surface area (Å²) >= 11 is 3.37. The molecule has 0 atom stereocenters. The Morgan fingerprint density at radius 2 is 2.00 bits per heavy atom. The van der Waals surface area contributed by atoms with Crippen LogP contribution in [0.25, 0.3) is 11.4 Å². The second kappa shape index (κ2) is 5.42. The predicted octanol–water partition coefficient (Wildman–Crippen LogP) is 2.78. The SMILES string of the molecule is O=c1[nH]nc(-c2ccc(Br)cc2)nc1Cc1ccco1. The van der Waals surface area contributed by atoms with Crippen molar-refractivity contribution in [3.05, 3.63) is 68.9 Å². The van der Waals surface area contributed by atoms with E-state index in [1.165, 1.54) is 0 Å². The van der Waals surface area contributed by atoms with Crippen LogP contribution in [-0.2, 0) is 6.42 Å². The molecule has 6 heteroatoms. The number of hydrogen-bond acceptors (Lipinski definition) is 4. The quantitative estimate of drug-likeness (QED) is 0.801. The first-order valence-corrected chi connectivity index (χ1v) is 6.75. The largest absolute Gasteiger partial charge is 0.469 e. The third-order valence-corrected chi connectivity index (χ3v) is 3.32. The van der Waals surface area contributed by atoms with Crippen LogP contribution in [0.3, 0.4) is 0 Å². The Kier molecular flexibility index (Phi) is 3.47. The van der Waals surface area contributed by atoms with Gasteiger partial charge in [-0.2, -0.15) is 5.10 Å². The molecule has 0 unspecified atom stereocenters. The maximum absolute atomic E-state index is 11.8. The highest BCUT2D eigenvalue weighted by molar-refractivity contribution is 9.10. The van der Waals surface area contributed by atoms with Crippen LogP contribution in [0, 0.1) is 0 Å². The molecule has 100 valence electrons. The van der Waals surface area contributed by atoms with Gasteiger partial charge in [0, 0.05) is 10.0 Å². The molecule has 0 fully saturated rings. The fourth-order valence-corrected chi connectivity index (χ4v) is 2.06. The summed E-state index contributed by atoms with van der Waals surface area (Å²) in [6, 6.07) is 11.1. The van der Waals surface area contributed by atoms with Crippen molar-refractivity contribution in [2.45, 2.75) is 6.42 Å². The summed E-state index contributed by atoms with van der Waals surface area (Å²) in [5, 5.41) is 6.45. The molecule has 0 aliphatic heterocycles. The molecule has 1 aromatic carbocycles. The number of hydrogen-bond donors (Lipinski definition) is 1. The Morgan fingerprint density at radius 1 is 1.20 bits per heavy atom. The lowest BCUT2D eigenvalue weighted by molar-refractivity contribution is 0.518. The molecule has 20 heavy (non-hydrogen) atoms. The van der Waals surface area contributed by atoms with Crippen molar-refractivity contribution in [1.82, 2.24) is 15.2 Å². The fraction of sp³-hybridized carbons (Fsp3) is 0.0714. The minimum absolute atomic E-state index is 0.303. The lowest BCUT2D eigenvalue weighted by Gasteiger charge is -2.02. The second-order valence-electron chi connectivity index (χ2n) is 4.20. The van der Waals surface area contributed by atoms with E-state index in [2.05, 4.69) is 31.1 Å². The molecule has 1 N–H and O–H groups in total. The summed E-state index contributed by atoms with van der Waals surface area (Å²) in [5.74, 6) is 1.18. The summed E-state index contributed by atoms with van der Waals surface area (Å²) in [6.45, 7) is 0. The average molecular weight is 332 g/mol. The molecule has 0 saturated heterocycles. The zero-order valence-electron chi connectivity index (χ0n) is 10.3. The number of nitrogens with one attached hydrogen (secondary N) is 1. The van der Waals surface area contributed by atoms with Gasteiger partial charge < -0.3 is 4.42 Å². The van der Waals surface area contributed by atoms with E-state index in [1.54, 1.807) is 18.4 Å². The maximum Gasteiger partial charge on any atom is 0.286 e. The minimum atomic E-state index is -0.303. The highest BCUT2D eigenvalue weighted by Gasteiger charge is 2.09. The van der Waals surface area contributed by atoms with Gasteiger partial charge in [0.25, 0.3) is 5.56 Å². The van der Waals surface area contributed by atoms with E-state index in [1.807, 2.05) is 24.3 Å². The van der Waals surface area contributed by atoms with Crippen LogP contribution in [-0.4, -0.2) is 15.2 Å². The Hall–Kier alpha value is -2.21. The third-order valence-electron chi connectivity index (χ3n) is 2.79. The van der Waals surface area contributed by atoms with Crippen molar-refractivity contribution in [3.8, 4) is 11.4 Å². The smallest absolute Gasteiger partial charge is 0.286 e. The molecule has 2 heterocycles. The Morgan fingerprint density at radius 3 is 2.70 bits per heavy atom. The van der Waals surface area contributed by atoms with E-state index in [0.717, 1.165) is 10.0 Å². The van der Waals surface area contributed by atoms with Crippen LogP contribution < -0.4 is 5.56 Å². The van der Waals surface area contributed by atoms with Gasteiger partial charge in [0.1, 0.15) is 11.5 Å². The van der Waals surface area contributed by atoms with E-state index in [4.69, 9.17) is 4.42 Å². The zero-order valence-corrected chi connectivity index (χ0v) is 11.9. The molecule has 5 nitrogen and oxygen atoms in total. The summed E-state index contributed by atoms with van der Waals surface area (Å²) in [6.07, 6.45) is 1.91. The standard InChI is InChI=1S/C14H10BrN3O2/c15-10-5-3-9(4-6-10)13-16-12(14(19)18-17-13)8-11-2-1-7-20-11/h1-7H,8H2,(H,18,19). The number of furan rings is 1. The van der Waals surface area contributed by atoms with Crippen LogP contribution in [0.15, 0.2) is 56.3 Å². The highest BCUT2D eigenvalue weighted by atomic mass is 79.9. The van der Waals surface area contributed by atoms with Crippen molar-refractivity contribution in [3.63, 3.8) is 0 Å². The molecule has 0 aliphatic carbocycles. The van der Waals surface area contributed by atoms with Gasteiger partial charge in [-0.15, -0.1) is 0 Å². The van der Waals surface area contributed by atoms with Crippen LogP contribution in [0.2, 0.25) is 0 Å². The van der Waals surface area contributed by atoms with Gasteiger partial charge in [0.2, 0.25) is 0 Å². The maximum atomic E-state index is 11.8. The van der Waals surface area contributed by atoms with Gasteiger partial charge in [-0.3, -0.25) is 4.79 Å². The molecule has 2 aromatic heterocycles. The number of halogens is 1. The van der Waals surface area contributed by atoms with Gasteiger partial charge in [0.05, 0.1) is 12.7 Å². The Bertz CT molecular complexity index is 764. The third kappa shape index (κ3) is 2.70. The summed E-state index contributed by atoms with van der Waals surface area (Å²) in [7, 11) is 0. The van der Waals surface area contributed by atoms with E-state index < -0.39 is 0 Å². The first-order valence-electron chi connectivity index (χ1n) is 5.96. The van der Waals surface area contributed by atoms with Crippen LogP contribution >= 0.6 is 15.9 Å². The van der Waals surface area contributed by atoms with Crippen molar-refractivity contribution in [1.29, 1.82) is 0 Å². The van der Waals surface area contributed by atoms with Crippen molar-refractivity contribution in [2.75, 3.05) is 0 Å². The summed E-state index contributed by atoms with van der Waals surface area (Å²) in [4.78, 5) is 16.1. The predicted molar refractivity (Wildman–Crippen MR) is 77.3 cm³/mol. The van der Waals surface area contributed by atoms with E-state index in [-0.39, 0.29) is 5.56 Å². The molecule has 0 aliphatic rings. The van der Waals surface area contributed by atoms with E-state index >= 15 is 0 Å². The number of aromatic nitrogens is 3. The number of nitrogens with zero attached hydrogens (tertiary/aromatic N) is 2. The van der Waals surface area contributed by atoms with Gasteiger partial charge in [-0.25, -0.2) is 10.1 Å². The Labute approximate surface area is 122 Å². The topological polar surface area (TPSA) is 71.8 Å². The fourth-order valence-electron chi connectivity index (χ4n) is 1.80. The number of H-pyrrole nitrogens is 1.